The van der Waals surface area contributed by atoms with Crippen LogP contribution in [-0.4, -0.2) is 30.8 Å². The summed E-state index contributed by atoms with van der Waals surface area (Å²) in [6.07, 6.45) is 12.2. The Bertz CT molecular complexity index is 888. The Balaban J connectivity index is 1.41. The van der Waals surface area contributed by atoms with Gasteiger partial charge >= 0.3 is 0 Å². The number of H-pyrrole nitrogens is 1. The number of nitrogens with zero attached hydrogens (tertiary/aromatic N) is 4. The Morgan fingerprint density at radius 1 is 1.24 bits per heavy atom. The lowest BCUT2D eigenvalue weighted by Gasteiger charge is -2.25. The summed E-state index contributed by atoms with van der Waals surface area (Å²) >= 11 is 0. The second-order valence-electron chi connectivity index (χ2n) is 7.32. The third-order valence-electron chi connectivity index (χ3n) is 5.42. The third kappa shape index (κ3) is 2.83. The van der Waals surface area contributed by atoms with Crippen LogP contribution in [0.3, 0.4) is 0 Å². The molecule has 0 saturated heterocycles. The predicted molar refractivity (Wildman–Crippen MR) is 98.1 cm³/mol. The first-order valence-electron chi connectivity index (χ1n) is 9.19. The highest BCUT2D eigenvalue weighted by molar-refractivity contribution is 5.88. The molecule has 2 aliphatic carbocycles. The third-order valence-corrected chi connectivity index (χ3v) is 5.42. The summed E-state index contributed by atoms with van der Waals surface area (Å²) in [6.45, 7) is 2.23. The van der Waals surface area contributed by atoms with E-state index in [0.717, 1.165) is 28.5 Å². The molecule has 0 bridgehead atoms. The molecule has 0 amide bonds. The molecule has 1 unspecified atom stereocenters. The molecule has 7 heteroatoms. The first-order valence-corrected chi connectivity index (χ1v) is 9.19. The lowest BCUT2D eigenvalue weighted by atomic mass is 9.93. The van der Waals surface area contributed by atoms with E-state index < -0.39 is 0 Å². The average Bonchev–Trinajstić information content (AvgIpc) is 3.13. The Kier molecular flexibility index (Phi) is 3.39. The molecule has 3 aromatic rings. The van der Waals surface area contributed by atoms with Gasteiger partial charge in [-0.25, -0.2) is 0 Å². The van der Waals surface area contributed by atoms with E-state index in [1.807, 2.05) is 29.3 Å². The van der Waals surface area contributed by atoms with E-state index in [9.17, 15) is 0 Å². The molecule has 25 heavy (non-hydrogen) atoms. The van der Waals surface area contributed by atoms with E-state index in [1.54, 1.807) is 0 Å². The van der Waals surface area contributed by atoms with Crippen LogP contribution in [0.25, 0.3) is 11.0 Å². The van der Waals surface area contributed by atoms with Gasteiger partial charge in [-0.2, -0.15) is 15.1 Å². The first-order chi connectivity index (χ1) is 12.3. The fourth-order valence-corrected chi connectivity index (χ4v) is 3.42. The Morgan fingerprint density at radius 2 is 2.12 bits per heavy atom. The fraction of sp³-hybridized carbons (Fsp3) is 0.500. The van der Waals surface area contributed by atoms with Crippen molar-refractivity contribution in [2.75, 3.05) is 10.6 Å². The molecule has 3 aromatic heterocycles. The predicted octanol–water partition coefficient (Wildman–Crippen LogP) is 3.83. The Hall–Kier alpha value is -2.57. The Labute approximate surface area is 146 Å². The molecule has 3 N–H and O–H groups in total. The number of anilines is 3. The maximum Gasteiger partial charge on any atom is 0.231 e. The van der Waals surface area contributed by atoms with Gasteiger partial charge in [0.2, 0.25) is 5.95 Å². The van der Waals surface area contributed by atoms with Gasteiger partial charge < -0.3 is 15.6 Å². The maximum atomic E-state index is 4.72. The molecule has 130 valence electrons. The molecule has 2 fully saturated rings. The molecule has 0 spiro atoms. The van der Waals surface area contributed by atoms with Gasteiger partial charge in [0, 0.05) is 18.4 Å². The molecule has 3 heterocycles. The second-order valence-corrected chi connectivity index (χ2v) is 7.32. The molecule has 0 aliphatic heterocycles. The average molecular weight is 337 g/mol. The van der Waals surface area contributed by atoms with Gasteiger partial charge in [0.05, 0.1) is 23.3 Å². The van der Waals surface area contributed by atoms with Crippen molar-refractivity contribution in [2.45, 2.75) is 51.1 Å². The van der Waals surface area contributed by atoms with Gasteiger partial charge in [0.1, 0.15) is 11.5 Å². The monoisotopic (exact) mass is 337 g/mol. The van der Waals surface area contributed by atoms with Crippen molar-refractivity contribution in [3.8, 4) is 0 Å². The number of nitrogens with one attached hydrogen (secondary N) is 3. The molecular weight excluding hydrogens is 314 g/mol. The van der Waals surface area contributed by atoms with Crippen molar-refractivity contribution < 1.29 is 0 Å². The molecular formula is C18H23N7. The van der Waals surface area contributed by atoms with Gasteiger partial charge in [-0.15, -0.1) is 0 Å². The van der Waals surface area contributed by atoms with Gasteiger partial charge in [0.15, 0.2) is 0 Å². The second kappa shape index (κ2) is 5.75. The molecule has 2 saturated carbocycles. The molecule has 0 radical (unpaired) electrons. The number of fused-ring (bicyclic) bond motifs is 1. The van der Waals surface area contributed by atoms with Crippen LogP contribution in [0.15, 0.2) is 24.7 Å². The van der Waals surface area contributed by atoms with Crippen LogP contribution in [0.2, 0.25) is 0 Å². The van der Waals surface area contributed by atoms with Crippen LogP contribution in [0.5, 0.6) is 0 Å². The molecule has 1 atom stereocenters. The van der Waals surface area contributed by atoms with Crippen molar-refractivity contribution >= 4 is 28.5 Å². The first kappa shape index (κ1) is 14.7. The summed E-state index contributed by atoms with van der Waals surface area (Å²) < 4.78 is 2.05. The lowest BCUT2D eigenvalue weighted by Crippen LogP contribution is -2.18. The largest absolute Gasteiger partial charge is 0.367 e. The van der Waals surface area contributed by atoms with Crippen LogP contribution in [0, 0.1) is 5.92 Å². The summed E-state index contributed by atoms with van der Waals surface area (Å²) in [4.78, 5) is 12.5. The molecule has 2 aliphatic rings. The number of hydrogen-bond acceptors (Lipinski definition) is 5. The normalized spacial score (nSPS) is 18.9. The van der Waals surface area contributed by atoms with Gasteiger partial charge in [0.25, 0.3) is 0 Å². The zero-order valence-electron chi connectivity index (χ0n) is 14.4. The van der Waals surface area contributed by atoms with Crippen molar-refractivity contribution in [3.05, 3.63) is 24.7 Å². The topological polar surface area (TPSA) is 83.4 Å². The van der Waals surface area contributed by atoms with Crippen molar-refractivity contribution in [1.82, 2.24) is 24.7 Å². The minimum atomic E-state index is 0.433. The van der Waals surface area contributed by atoms with Crippen LogP contribution in [0.4, 0.5) is 17.5 Å². The minimum Gasteiger partial charge on any atom is -0.367 e. The van der Waals surface area contributed by atoms with Crippen LogP contribution < -0.4 is 10.6 Å². The summed E-state index contributed by atoms with van der Waals surface area (Å²) in [5, 5.41) is 12.4. The molecule has 0 aromatic carbocycles. The number of aromatic amines is 1. The minimum absolute atomic E-state index is 0.433. The highest BCUT2D eigenvalue weighted by atomic mass is 15.3. The Morgan fingerprint density at radius 3 is 2.88 bits per heavy atom. The molecule has 5 rings (SSSR count). The standard InChI is InChI=1S/C18H23N7/c1-11(12-5-6-12)21-17-15-7-8-19-16(15)23-18(24-17)22-13-9-20-25(10-13)14-3-2-4-14/h7-12,14H,2-6H2,1H3,(H3,19,21,22,23,24). The van der Waals surface area contributed by atoms with Crippen molar-refractivity contribution in [1.29, 1.82) is 0 Å². The van der Waals surface area contributed by atoms with E-state index in [2.05, 4.69) is 32.6 Å². The summed E-state index contributed by atoms with van der Waals surface area (Å²) in [7, 11) is 0. The zero-order chi connectivity index (χ0) is 16.8. The van der Waals surface area contributed by atoms with E-state index in [1.165, 1.54) is 32.1 Å². The number of rotatable bonds is 6. The van der Waals surface area contributed by atoms with Crippen molar-refractivity contribution in [2.24, 2.45) is 5.92 Å². The van der Waals surface area contributed by atoms with E-state index in [-0.39, 0.29) is 0 Å². The molecule has 7 nitrogen and oxygen atoms in total. The maximum absolute atomic E-state index is 4.72. The van der Waals surface area contributed by atoms with E-state index in [4.69, 9.17) is 4.98 Å². The summed E-state index contributed by atoms with van der Waals surface area (Å²) in [5.74, 6) is 2.24. The number of aromatic nitrogens is 5. The van der Waals surface area contributed by atoms with Crippen LogP contribution in [-0.2, 0) is 0 Å². The van der Waals surface area contributed by atoms with Gasteiger partial charge in [-0.1, -0.05) is 0 Å². The zero-order valence-corrected chi connectivity index (χ0v) is 14.4. The summed E-state index contributed by atoms with van der Waals surface area (Å²) in [6, 6.07) is 3.01. The number of hydrogen-bond donors (Lipinski definition) is 3. The summed E-state index contributed by atoms with van der Waals surface area (Å²) in [5.41, 5.74) is 1.77. The van der Waals surface area contributed by atoms with E-state index >= 15 is 0 Å². The van der Waals surface area contributed by atoms with Gasteiger partial charge in [-0.05, 0) is 51.0 Å². The van der Waals surface area contributed by atoms with Gasteiger partial charge in [-0.3, -0.25) is 4.68 Å². The quantitative estimate of drug-likeness (QED) is 0.636. The highest BCUT2D eigenvalue weighted by Crippen LogP contribution is 2.35. The fourth-order valence-electron chi connectivity index (χ4n) is 3.42. The van der Waals surface area contributed by atoms with Crippen LogP contribution >= 0.6 is 0 Å². The lowest BCUT2D eigenvalue weighted by molar-refractivity contribution is 0.289. The van der Waals surface area contributed by atoms with Crippen molar-refractivity contribution in [3.63, 3.8) is 0 Å². The SMILES string of the molecule is CC(Nc1nc(Nc2cnn(C3CCC3)c2)nc2[nH]ccc12)C1CC1. The smallest absolute Gasteiger partial charge is 0.231 e. The van der Waals surface area contributed by atoms with E-state index in [0.29, 0.717) is 18.0 Å². The highest BCUT2D eigenvalue weighted by Gasteiger charge is 2.28. The van der Waals surface area contributed by atoms with Crippen LogP contribution in [0.1, 0.15) is 45.1 Å².